The molecule has 0 unspecified atom stereocenters. The van der Waals surface area contributed by atoms with Crippen LogP contribution in [0.3, 0.4) is 0 Å². The van der Waals surface area contributed by atoms with Crippen molar-refractivity contribution in [1.29, 1.82) is 0 Å². The lowest BCUT2D eigenvalue weighted by Gasteiger charge is -1.96. The summed E-state index contributed by atoms with van der Waals surface area (Å²) in [5.41, 5.74) is 1.93. The molecule has 1 aromatic carbocycles. The van der Waals surface area contributed by atoms with Gasteiger partial charge in [0.05, 0.1) is 11.8 Å². The summed E-state index contributed by atoms with van der Waals surface area (Å²) in [5.74, 6) is 0. The zero-order valence-corrected chi connectivity index (χ0v) is 6.90. The van der Waals surface area contributed by atoms with Crippen LogP contribution in [0.4, 0.5) is 0 Å². The molecule has 0 radical (unpaired) electrons. The normalized spacial score (nSPS) is 11.1. The molecule has 2 heterocycles. The van der Waals surface area contributed by atoms with Gasteiger partial charge in [-0.2, -0.15) is 0 Å². The third kappa shape index (κ3) is 0.855. The van der Waals surface area contributed by atoms with Crippen LogP contribution in [-0.2, 0) is 0 Å². The number of fused-ring (bicyclic) bond motifs is 3. The summed E-state index contributed by atoms with van der Waals surface area (Å²) in [6.07, 6.45) is 3.50. The summed E-state index contributed by atoms with van der Waals surface area (Å²) in [7, 11) is 0. The van der Waals surface area contributed by atoms with Crippen LogP contribution in [0.25, 0.3) is 21.9 Å². The highest BCUT2D eigenvalue weighted by molar-refractivity contribution is 6.04. The molecule has 0 amide bonds. The van der Waals surface area contributed by atoms with Crippen LogP contribution in [-0.4, -0.2) is 4.98 Å². The van der Waals surface area contributed by atoms with Crippen LogP contribution in [0.1, 0.15) is 0 Å². The van der Waals surface area contributed by atoms with Crippen molar-refractivity contribution in [2.75, 3.05) is 0 Å². The number of hydrogen-bond donors (Lipinski definition) is 0. The van der Waals surface area contributed by atoms with Gasteiger partial charge in [0, 0.05) is 17.0 Å². The fourth-order valence-electron chi connectivity index (χ4n) is 1.61. The second-order valence-corrected chi connectivity index (χ2v) is 2.97. The first-order valence-electron chi connectivity index (χ1n) is 4.16. The summed E-state index contributed by atoms with van der Waals surface area (Å²) in [6, 6.07) is 9.87. The second kappa shape index (κ2) is 2.33. The van der Waals surface area contributed by atoms with Crippen LogP contribution in [0.2, 0.25) is 0 Å². The van der Waals surface area contributed by atoms with Gasteiger partial charge in [-0.1, -0.05) is 0 Å². The third-order valence-electron chi connectivity index (χ3n) is 2.22. The molecule has 13 heavy (non-hydrogen) atoms. The Morgan fingerprint density at radius 1 is 1.00 bits per heavy atom. The minimum atomic E-state index is 0.906. The van der Waals surface area contributed by atoms with E-state index in [1.165, 1.54) is 0 Å². The van der Waals surface area contributed by atoms with Crippen LogP contribution in [0.15, 0.2) is 47.2 Å². The monoisotopic (exact) mass is 169 g/mol. The quantitative estimate of drug-likeness (QED) is 0.517. The van der Waals surface area contributed by atoms with Crippen molar-refractivity contribution in [2.45, 2.75) is 0 Å². The van der Waals surface area contributed by atoms with E-state index in [4.69, 9.17) is 4.42 Å². The van der Waals surface area contributed by atoms with Crippen molar-refractivity contribution in [3.05, 3.63) is 42.8 Å². The Balaban J connectivity index is 2.65. The fraction of sp³-hybridized carbons (Fsp3) is 0. The fourth-order valence-corrected chi connectivity index (χ4v) is 1.61. The molecule has 0 fully saturated rings. The summed E-state index contributed by atoms with van der Waals surface area (Å²) in [5, 5.41) is 2.28. The van der Waals surface area contributed by atoms with E-state index in [2.05, 4.69) is 4.98 Å². The predicted molar refractivity (Wildman–Crippen MR) is 51.5 cm³/mol. The number of hydrogen-bond acceptors (Lipinski definition) is 2. The van der Waals surface area contributed by atoms with Gasteiger partial charge in [-0.3, -0.25) is 4.98 Å². The number of nitrogens with zero attached hydrogens (tertiary/aromatic N) is 1. The van der Waals surface area contributed by atoms with Crippen molar-refractivity contribution >= 4 is 21.9 Å². The molecular formula is C11H7NO. The molecule has 0 spiro atoms. The van der Waals surface area contributed by atoms with Gasteiger partial charge in [-0.25, -0.2) is 0 Å². The van der Waals surface area contributed by atoms with Crippen molar-refractivity contribution < 1.29 is 4.42 Å². The number of rotatable bonds is 0. The van der Waals surface area contributed by atoms with Gasteiger partial charge in [0.2, 0.25) is 0 Å². The van der Waals surface area contributed by atoms with Crippen LogP contribution < -0.4 is 0 Å². The lowest BCUT2D eigenvalue weighted by Crippen LogP contribution is -1.72. The standard InChI is InChI=1S/C11H7NO/c1-2-9-8-5-6-12-10(8)3-4-11(9)13-7-1/h1-7H. The molecule has 0 aliphatic carbocycles. The molecule has 3 rings (SSSR count). The highest BCUT2D eigenvalue weighted by Gasteiger charge is 2.01. The van der Waals surface area contributed by atoms with E-state index >= 15 is 0 Å². The van der Waals surface area contributed by atoms with E-state index in [1.807, 2.05) is 36.5 Å². The molecule has 0 aliphatic heterocycles. The molecular weight excluding hydrogens is 162 g/mol. The van der Waals surface area contributed by atoms with Gasteiger partial charge in [-0.15, -0.1) is 0 Å². The first-order chi connectivity index (χ1) is 6.45. The Morgan fingerprint density at radius 2 is 2.00 bits per heavy atom. The maximum atomic E-state index is 5.36. The van der Waals surface area contributed by atoms with Gasteiger partial charge in [-0.05, 0) is 30.3 Å². The van der Waals surface area contributed by atoms with Gasteiger partial charge in [0.15, 0.2) is 0 Å². The zero-order chi connectivity index (χ0) is 8.67. The summed E-state index contributed by atoms with van der Waals surface area (Å²) in [4.78, 5) is 4.23. The van der Waals surface area contributed by atoms with Gasteiger partial charge < -0.3 is 4.42 Å². The molecule has 2 heteroatoms. The van der Waals surface area contributed by atoms with Crippen LogP contribution in [0.5, 0.6) is 0 Å². The summed E-state index contributed by atoms with van der Waals surface area (Å²) < 4.78 is 5.36. The lowest BCUT2D eigenvalue weighted by molar-refractivity contribution is 0.604. The highest BCUT2D eigenvalue weighted by Crippen LogP contribution is 2.23. The maximum absolute atomic E-state index is 5.36. The van der Waals surface area contributed by atoms with Gasteiger partial charge in [0.1, 0.15) is 5.58 Å². The molecule has 0 N–H and O–H groups in total. The lowest BCUT2D eigenvalue weighted by atomic mass is 10.1. The second-order valence-electron chi connectivity index (χ2n) is 2.97. The van der Waals surface area contributed by atoms with E-state index < -0.39 is 0 Å². The molecule has 3 aromatic rings. The topological polar surface area (TPSA) is 26.0 Å². The van der Waals surface area contributed by atoms with E-state index in [1.54, 1.807) is 6.26 Å². The van der Waals surface area contributed by atoms with Gasteiger partial charge >= 0.3 is 0 Å². The zero-order valence-electron chi connectivity index (χ0n) is 6.90. The van der Waals surface area contributed by atoms with E-state index in [9.17, 15) is 0 Å². The molecule has 2 aromatic heterocycles. The van der Waals surface area contributed by atoms with E-state index in [-0.39, 0.29) is 0 Å². The Bertz CT molecular complexity index is 568. The first-order valence-corrected chi connectivity index (χ1v) is 4.16. The average molecular weight is 169 g/mol. The third-order valence-corrected chi connectivity index (χ3v) is 2.22. The van der Waals surface area contributed by atoms with Crippen molar-refractivity contribution in [3.63, 3.8) is 0 Å². The minimum Gasteiger partial charge on any atom is -0.464 e. The van der Waals surface area contributed by atoms with Crippen LogP contribution in [0, 0.1) is 0 Å². The number of aromatic nitrogens is 1. The van der Waals surface area contributed by atoms with Crippen molar-refractivity contribution in [2.24, 2.45) is 0 Å². The van der Waals surface area contributed by atoms with Gasteiger partial charge in [0.25, 0.3) is 0 Å². The van der Waals surface area contributed by atoms with Crippen molar-refractivity contribution in [3.8, 4) is 0 Å². The first kappa shape index (κ1) is 6.66. The predicted octanol–water partition coefficient (Wildman–Crippen LogP) is 2.98. The highest BCUT2D eigenvalue weighted by atomic mass is 16.3. The maximum Gasteiger partial charge on any atom is 0.134 e. The van der Waals surface area contributed by atoms with Crippen molar-refractivity contribution in [1.82, 2.24) is 4.98 Å². The Morgan fingerprint density at radius 3 is 3.00 bits per heavy atom. The largest absolute Gasteiger partial charge is 0.464 e. The average Bonchev–Trinajstić information content (AvgIpc) is 2.65. The number of benzene rings is 1. The summed E-state index contributed by atoms with van der Waals surface area (Å²) in [6.45, 7) is 0. The molecule has 0 saturated carbocycles. The Hall–Kier alpha value is -1.83. The molecule has 62 valence electrons. The Kier molecular flexibility index (Phi) is 1.19. The molecule has 0 saturated heterocycles. The van der Waals surface area contributed by atoms with E-state index in [0.717, 1.165) is 21.9 Å². The summed E-state index contributed by atoms with van der Waals surface area (Å²) >= 11 is 0. The Labute approximate surface area is 74.8 Å². The molecule has 2 nitrogen and oxygen atoms in total. The van der Waals surface area contributed by atoms with Crippen LogP contribution >= 0.6 is 0 Å². The smallest absolute Gasteiger partial charge is 0.134 e. The SMILES string of the molecule is c1coc2ccc3nccc3c2c1. The molecule has 0 bridgehead atoms. The molecule has 0 atom stereocenters. The van der Waals surface area contributed by atoms with E-state index in [0.29, 0.717) is 0 Å². The molecule has 0 aliphatic rings. The minimum absolute atomic E-state index is 0.906.